The zero-order chi connectivity index (χ0) is 10.0. The molecular weight excluding hydrogens is 180 g/mol. The maximum absolute atomic E-state index is 11.7. The summed E-state index contributed by atoms with van der Waals surface area (Å²) in [6.07, 6.45) is 0.412. The lowest BCUT2D eigenvalue weighted by Crippen LogP contribution is -2.50. The highest BCUT2D eigenvalue weighted by atomic mass is 16.9. The third kappa shape index (κ3) is 1.25. The van der Waals surface area contributed by atoms with Gasteiger partial charge in [-0.2, -0.15) is 0 Å². The zero-order valence-electron chi connectivity index (χ0n) is 8.03. The van der Waals surface area contributed by atoms with Crippen LogP contribution in [-0.4, -0.2) is 12.6 Å². The second kappa shape index (κ2) is 3.52. The van der Waals surface area contributed by atoms with Crippen molar-refractivity contribution < 1.29 is 14.3 Å². The molecule has 0 spiro atoms. The van der Waals surface area contributed by atoms with E-state index in [1.54, 1.807) is 6.92 Å². The summed E-state index contributed by atoms with van der Waals surface area (Å²) in [6.45, 7) is 2.00. The summed E-state index contributed by atoms with van der Waals surface area (Å²) in [4.78, 5) is 11.7. The smallest absolute Gasteiger partial charge is 0.260 e. The Morgan fingerprint density at radius 3 is 2.43 bits per heavy atom. The molecule has 1 aromatic carbocycles. The largest absolute Gasteiger partial charge is 0.313 e. The Hall–Kier alpha value is -1.19. The number of rotatable bonds is 3. The molecule has 1 fully saturated rings. The van der Waals surface area contributed by atoms with Gasteiger partial charge in [-0.3, -0.25) is 4.79 Å². The van der Waals surface area contributed by atoms with E-state index in [4.69, 9.17) is 9.47 Å². The van der Waals surface area contributed by atoms with Crippen molar-refractivity contribution in [1.82, 2.24) is 0 Å². The van der Waals surface area contributed by atoms with Gasteiger partial charge in [-0.15, -0.1) is 0 Å². The number of benzene rings is 1. The van der Waals surface area contributed by atoms with Gasteiger partial charge in [-0.1, -0.05) is 37.3 Å². The average Bonchev–Trinajstić information content (AvgIpc) is 2.17. The molecule has 0 N–H and O–H groups in total. The van der Waals surface area contributed by atoms with Crippen LogP contribution in [0.2, 0.25) is 0 Å². The van der Waals surface area contributed by atoms with Crippen molar-refractivity contribution in [2.24, 2.45) is 0 Å². The highest BCUT2D eigenvalue weighted by molar-refractivity contribution is 5.87. The van der Waals surface area contributed by atoms with E-state index in [1.165, 1.54) is 0 Å². The van der Waals surface area contributed by atoms with Gasteiger partial charge in [0.25, 0.3) is 5.79 Å². The molecule has 3 nitrogen and oxygen atoms in total. The summed E-state index contributed by atoms with van der Waals surface area (Å²) < 4.78 is 10.6. The molecule has 1 saturated heterocycles. The molecule has 14 heavy (non-hydrogen) atoms. The van der Waals surface area contributed by atoms with E-state index in [0.29, 0.717) is 6.42 Å². The Kier molecular flexibility index (Phi) is 2.35. The first-order chi connectivity index (χ1) is 6.79. The second-order valence-corrected chi connectivity index (χ2v) is 3.17. The Labute approximate surface area is 82.6 Å². The molecule has 1 heterocycles. The summed E-state index contributed by atoms with van der Waals surface area (Å²) in [7, 11) is 0. The minimum absolute atomic E-state index is 0.0325. The maximum atomic E-state index is 11.7. The van der Waals surface area contributed by atoms with Crippen molar-refractivity contribution in [3.05, 3.63) is 35.9 Å². The first kappa shape index (κ1) is 9.37. The quantitative estimate of drug-likeness (QED) is 0.732. The van der Waals surface area contributed by atoms with Crippen LogP contribution in [-0.2, 0) is 20.1 Å². The number of carbonyl (C=O) groups is 1. The molecular formula is C11H12O3. The van der Waals surface area contributed by atoms with Crippen LogP contribution in [0.1, 0.15) is 18.9 Å². The number of ether oxygens (including phenoxy) is 2. The predicted molar refractivity (Wildman–Crippen MR) is 50.5 cm³/mol. The number of ketones is 1. The van der Waals surface area contributed by atoms with Crippen LogP contribution >= 0.6 is 0 Å². The summed E-state index contributed by atoms with van der Waals surface area (Å²) in [6, 6.07) is 9.31. The summed E-state index contributed by atoms with van der Waals surface area (Å²) in [5, 5.41) is 0. The van der Waals surface area contributed by atoms with Crippen LogP contribution < -0.4 is 0 Å². The fourth-order valence-electron chi connectivity index (χ4n) is 1.56. The van der Waals surface area contributed by atoms with Gasteiger partial charge in [0.1, 0.15) is 0 Å². The lowest BCUT2D eigenvalue weighted by atomic mass is 9.98. The van der Waals surface area contributed by atoms with Crippen LogP contribution in [0.4, 0.5) is 0 Å². The van der Waals surface area contributed by atoms with Crippen molar-refractivity contribution >= 4 is 5.78 Å². The van der Waals surface area contributed by atoms with Crippen molar-refractivity contribution in [2.75, 3.05) is 6.79 Å². The molecule has 3 heteroatoms. The van der Waals surface area contributed by atoms with E-state index in [1.807, 2.05) is 30.3 Å². The van der Waals surface area contributed by atoms with Crippen LogP contribution in [0.25, 0.3) is 0 Å². The van der Waals surface area contributed by atoms with Crippen molar-refractivity contribution in [1.29, 1.82) is 0 Å². The predicted octanol–water partition coefficient (Wildman–Crippen LogP) is 1.82. The number of hydrogen-bond acceptors (Lipinski definition) is 3. The average molecular weight is 192 g/mol. The molecule has 0 atom stereocenters. The third-order valence-electron chi connectivity index (χ3n) is 2.37. The molecule has 0 unspecified atom stereocenters. The van der Waals surface area contributed by atoms with Gasteiger partial charge in [-0.25, -0.2) is 0 Å². The minimum Gasteiger partial charge on any atom is -0.313 e. The Morgan fingerprint density at radius 2 is 2.00 bits per heavy atom. The third-order valence-corrected chi connectivity index (χ3v) is 2.37. The molecule has 0 aliphatic carbocycles. The van der Waals surface area contributed by atoms with Gasteiger partial charge in [0.15, 0.2) is 12.6 Å². The lowest BCUT2D eigenvalue weighted by molar-refractivity contribution is -0.383. The van der Waals surface area contributed by atoms with Gasteiger partial charge >= 0.3 is 0 Å². The molecule has 74 valence electrons. The normalized spacial score (nSPS) is 18.6. The molecule has 0 amide bonds. The topological polar surface area (TPSA) is 35.5 Å². The van der Waals surface area contributed by atoms with E-state index < -0.39 is 5.79 Å². The molecule has 1 aromatic rings. The lowest BCUT2D eigenvalue weighted by Gasteiger charge is -2.39. The summed E-state index contributed by atoms with van der Waals surface area (Å²) in [5.74, 6) is -1.15. The first-order valence-electron chi connectivity index (χ1n) is 4.66. The van der Waals surface area contributed by atoms with Crippen molar-refractivity contribution in [3.8, 4) is 0 Å². The number of Topliss-reactive ketones (excluding diaryl/α,β-unsaturated/α-hetero) is 1. The minimum atomic E-state index is -1.12. The van der Waals surface area contributed by atoms with E-state index in [9.17, 15) is 4.79 Å². The van der Waals surface area contributed by atoms with Crippen LogP contribution in [0.5, 0.6) is 0 Å². The maximum Gasteiger partial charge on any atom is 0.260 e. The summed E-state index contributed by atoms with van der Waals surface area (Å²) in [5.41, 5.74) is 0.776. The molecule has 0 aromatic heterocycles. The first-order valence-corrected chi connectivity index (χ1v) is 4.66. The van der Waals surface area contributed by atoms with Gasteiger partial charge < -0.3 is 9.47 Å². The van der Waals surface area contributed by atoms with Gasteiger partial charge in [0.2, 0.25) is 0 Å². The SMILES string of the molecule is CCC(=O)C1(c2ccccc2)OCO1. The van der Waals surface area contributed by atoms with Gasteiger partial charge in [-0.05, 0) is 0 Å². The Bertz CT molecular complexity index is 328. The van der Waals surface area contributed by atoms with Crippen molar-refractivity contribution in [3.63, 3.8) is 0 Å². The Balaban J connectivity index is 2.34. The van der Waals surface area contributed by atoms with E-state index in [2.05, 4.69) is 0 Å². The monoisotopic (exact) mass is 192 g/mol. The Morgan fingerprint density at radius 1 is 1.36 bits per heavy atom. The summed E-state index contributed by atoms with van der Waals surface area (Å²) >= 11 is 0. The van der Waals surface area contributed by atoms with E-state index in [0.717, 1.165) is 5.56 Å². The molecule has 0 saturated carbocycles. The highest BCUT2D eigenvalue weighted by Crippen LogP contribution is 2.36. The van der Waals surface area contributed by atoms with Gasteiger partial charge in [0, 0.05) is 12.0 Å². The second-order valence-electron chi connectivity index (χ2n) is 3.17. The van der Waals surface area contributed by atoms with E-state index in [-0.39, 0.29) is 12.6 Å². The van der Waals surface area contributed by atoms with Gasteiger partial charge in [0.05, 0.1) is 0 Å². The van der Waals surface area contributed by atoms with E-state index >= 15 is 0 Å². The van der Waals surface area contributed by atoms with Crippen LogP contribution in [0.15, 0.2) is 30.3 Å². The number of carbonyl (C=O) groups excluding carboxylic acids is 1. The van der Waals surface area contributed by atoms with Crippen LogP contribution in [0, 0.1) is 0 Å². The highest BCUT2D eigenvalue weighted by Gasteiger charge is 2.47. The van der Waals surface area contributed by atoms with Crippen LogP contribution in [0.3, 0.4) is 0 Å². The number of hydrogen-bond donors (Lipinski definition) is 0. The van der Waals surface area contributed by atoms with Crippen molar-refractivity contribution in [2.45, 2.75) is 19.1 Å². The molecule has 1 aliphatic heterocycles. The molecule has 0 radical (unpaired) electrons. The molecule has 0 bridgehead atoms. The molecule has 2 rings (SSSR count). The standard InChI is InChI=1S/C11H12O3/c1-2-10(12)11(13-8-14-11)9-6-4-3-5-7-9/h3-7H,2,8H2,1H3. The zero-order valence-corrected chi connectivity index (χ0v) is 8.03. The fourth-order valence-corrected chi connectivity index (χ4v) is 1.56. The fraction of sp³-hybridized carbons (Fsp3) is 0.364. The molecule has 1 aliphatic rings.